The zero-order valence-electron chi connectivity index (χ0n) is 19.9. The van der Waals surface area contributed by atoms with Crippen molar-refractivity contribution in [1.29, 1.82) is 5.26 Å². The van der Waals surface area contributed by atoms with E-state index in [1.54, 1.807) is 51.3 Å². The van der Waals surface area contributed by atoms with E-state index in [0.29, 0.717) is 16.9 Å². The highest BCUT2D eigenvalue weighted by molar-refractivity contribution is 6.45. The van der Waals surface area contributed by atoms with Gasteiger partial charge >= 0.3 is 5.97 Å². The third kappa shape index (κ3) is 5.60. The maximum Gasteiger partial charge on any atom is 0.311 e. The number of hydrogen-bond acceptors (Lipinski definition) is 8. The van der Waals surface area contributed by atoms with Gasteiger partial charge in [0.05, 0.1) is 18.7 Å². The van der Waals surface area contributed by atoms with E-state index in [4.69, 9.17) is 9.47 Å². The number of hydrogen-bond donors (Lipinski definition) is 2. The summed E-state index contributed by atoms with van der Waals surface area (Å²) >= 11 is 0. The van der Waals surface area contributed by atoms with Crippen molar-refractivity contribution in [1.82, 2.24) is 10.3 Å². The number of esters is 1. The van der Waals surface area contributed by atoms with E-state index < -0.39 is 23.0 Å². The van der Waals surface area contributed by atoms with Crippen molar-refractivity contribution in [3.63, 3.8) is 0 Å². The molecule has 2 heterocycles. The Bertz CT molecular complexity index is 1180. The second-order valence-electron chi connectivity index (χ2n) is 9.81. The number of pyridine rings is 1. The van der Waals surface area contributed by atoms with Crippen molar-refractivity contribution in [2.75, 3.05) is 13.1 Å². The molecule has 1 amide bonds. The van der Waals surface area contributed by atoms with E-state index in [0.717, 1.165) is 12.8 Å². The van der Waals surface area contributed by atoms with Crippen molar-refractivity contribution < 1.29 is 24.2 Å². The van der Waals surface area contributed by atoms with Gasteiger partial charge in [-0.25, -0.2) is 0 Å². The number of ether oxygens (including phenoxy) is 2. The summed E-state index contributed by atoms with van der Waals surface area (Å²) < 4.78 is 11.3. The van der Waals surface area contributed by atoms with E-state index in [1.165, 1.54) is 12.3 Å². The summed E-state index contributed by atoms with van der Waals surface area (Å²) in [6, 6.07) is 5.52. The number of fused-ring (bicyclic) bond motifs is 1. The summed E-state index contributed by atoms with van der Waals surface area (Å²) in [5, 5.41) is 23.3. The first kappa shape index (κ1) is 24.2. The Balaban J connectivity index is 1.45. The molecular formula is C26H28N4O5. The third-order valence-electron chi connectivity index (χ3n) is 5.81. The Kier molecular flexibility index (Phi) is 6.48. The monoisotopic (exact) mass is 476 g/mol. The standard InChI is InChI=1S/C26H28N4O5/c1-25(2,3)35-24(33)20(16-6-7-16)14-30-23(32)21-22(31)19-8-9-26(15-27,11-17(19)12-29-21)34-18-5-4-10-28-13-18/h4-5,8-11,13,16,20,31H,6-7,12,14H2,1-3H3,(H,30,32). The molecule has 2 aliphatic carbocycles. The number of allylic oxidation sites excluding steroid dienone is 1. The van der Waals surface area contributed by atoms with Crippen molar-refractivity contribution >= 4 is 17.6 Å². The Hall–Kier alpha value is -3.93. The minimum atomic E-state index is -1.39. The van der Waals surface area contributed by atoms with Gasteiger partial charge in [-0.05, 0) is 75.5 Å². The van der Waals surface area contributed by atoms with Crippen LogP contribution in [0.4, 0.5) is 0 Å². The van der Waals surface area contributed by atoms with Gasteiger partial charge in [-0.2, -0.15) is 5.26 Å². The van der Waals surface area contributed by atoms with Gasteiger partial charge in [0.2, 0.25) is 5.60 Å². The smallest absolute Gasteiger partial charge is 0.311 e. The Labute approximate surface area is 203 Å². The maximum absolute atomic E-state index is 12.8. The average molecular weight is 477 g/mol. The lowest BCUT2D eigenvalue weighted by atomic mass is 9.87. The number of carbonyl (C=O) groups is 2. The number of amides is 1. The highest BCUT2D eigenvalue weighted by Crippen LogP contribution is 2.38. The molecule has 4 rings (SSSR count). The van der Waals surface area contributed by atoms with E-state index in [2.05, 4.69) is 21.4 Å². The van der Waals surface area contributed by atoms with Crippen LogP contribution in [0, 0.1) is 23.2 Å². The molecule has 0 spiro atoms. The van der Waals surface area contributed by atoms with Crippen LogP contribution in [0.2, 0.25) is 0 Å². The highest BCUT2D eigenvalue weighted by atomic mass is 16.6. The molecular weight excluding hydrogens is 448 g/mol. The first-order valence-electron chi connectivity index (χ1n) is 11.5. The quantitative estimate of drug-likeness (QED) is 0.578. The highest BCUT2D eigenvalue weighted by Gasteiger charge is 2.40. The second-order valence-corrected chi connectivity index (χ2v) is 9.81. The molecule has 182 valence electrons. The summed E-state index contributed by atoms with van der Waals surface area (Å²) in [7, 11) is 0. The molecule has 2 N–H and O–H groups in total. The van der Waals surface area contributed by atoms with E-state index in [-0.39, 0.29) is 36.4 Å². The van der Waals surface area contributed by atoms with Gasteiger partial charge in [0, 0.05) is 18.3 Å². The number of rotatable bonds is 7. The molecule has 3 aliphatic rings. The fourth-order valence-electron chi connectivity index (χ4n) is 3.97. The molecule has 9 nitrogen and oxygen atoms in total. The van der Waals surface area contributed by atoms with Crippen molar-refractivity contribution in [2.24, 2.45) is 16.8 Å². The van der Waals surface area contributed by atoms with Crippen LogP contribution in [0.1, 0.15) is 33.6 Å². The maximum atomic E-state index is 12.8. The van der Waals surface area contributed by atoms with Gasteiger partial charge in [-0.1, -0.05) is 0 Å². The molecule has 2 unspecified atom stereocenters. The fraction of sp³-hybridized carbons (Fsp3) is 0.423. The summed E-state index contributed by atoms with van der Waals surface area (Å²) in [5.74, 6) is -1.04. The topological polar surface area (TPSA) is 134 Å². The van der Waals surface area contributed by atoms with Crippen molar-refractivity contribution in [3.05, 3.63) is 59.7 Å². The lowest BCUT2D eigenvalue weighted by Crippen LogP contribution is -2.41. The van der Waals surface area contributed by atoms with Crippen molar-refractivity contribution in [2.45, 2.75) is 44.8 Å². The van der Waals surface area contributed by atoms with Crippen LogP contribution in [0.15, 0.2) is 64.7 Å². The predicted octanol–water partition coefficient (Wildman–Crippen LogP) is 2.97. The molecule has 9 heteroatoms. The SMILES string of the molecule is CC(C)(C)OC(=O)C(CNC(=O)C1=NCC2=CC(C#N)(Oc3cccnc3)C=CC2=C1O)C1CC1. The Morgan fingerprint density at radius 1 is 1.37 bits per heavy atom. The number of aliphatic hydroxyl groups excluding tert-OH is 1. The van der Waals surface area contributed by atoms with Gasteiger partial charge in [0.15, 0.2) is 11.5 Å². The Morgan fingerprint density at radius 2 is 2.14 bits per heavy atom. The predicted molar refractivity (Wildman–Crippen MR) is 127 cm³/mol. The molecule has 2 atom stereocenters. The van der Waals surface area contributed by atoms with Crippen molar-refractivity contribution in [3.8, 4) is 11.8 Å². The van der Waals surface area contributed by atoms with Crippen LogP contribution in [-0.2, 0) is 14.3 Å². The normalized spacial score (nSPS) is 22.2. The number of nitrogens with zero attached hydrogens (tertiary/aromatic N) is 3. The summed E-state index contributed by atoms with van der Waals surface area (Å²) in [5.41, 5.74) is -1.14. The molecule has 1 aromatic heterocycles. The number of carbonyl (C=O) groups excluding carboxylic acids is 2. The summed E-state index contributed by atoms with van der Waals surface area (Å²) in [6.45, 7) is 5.61. The van der Waals surface area contributed by atoms with Crippen LogP contribution in [0.5, 0.6) is 5.75 Å². The van der Waals surface area contributed by atoms with Crippen LogP contribution in [0.3, 0.4) is 0 Å². The minimum Gasteiger partial charge on any atom is -0.505 e. The number of nitriles is 1. The van der Waals surface area contributed by atoms with Crippen LogP contribution in [0.25, 0.3) is 0 Å². The zero-order chi connectivity index (χ0) is 25.2. The number of dihydropyridines is 1. The largest absolute Gasteiger partial charge is 0.505 e. The van der Waals surface area contributed by atoms with Gasteiger partial charge < -0.3 is 19.9 Å². The van der Waals surface area contributed by atoms with Gasteiger partial charge in [0.1, 0.15) is 17.4 Å². The van der Waals surface area contributed by atoms with Crippen LogP contribution in [-0.4, -0.2) is 52.0 Å². The molecule has 35 heavy (non-hydrogen) atoms. The average Bonchev–Trinajstić information content (AvgIpc) is 3.64. The molecule has 1 saturated carbocycles. The second kappa shape index (κ2) is 9.37. The lowest BCUT2D eigenvalue weighted by Gasteiger charge is -2.28. The molecule has 1 fully saturated rings. The molecule has 0 radical (unpaired) electrons. The first-order valence-corrected chi connectivity index (χ1v) is 11.5. The number of aliphatic imine (C=N–C) groups is 1. The number of nitrogens with one attached hydrogen (secondary N) is 1. The van der Waals surface area contributed by atoms with E-state index in [9.17, 15) is 20.0 Å². The Morgan fingerprint density at radius 3 is 2.77 bits per heavy atom. The first-order chi connectivity index (χ1) is 16.6. The summed E-state index contributed by atoms with van der Waals surface area (Å²) in [6.07, 6.45) is 9.58. The molecule has 0 bridgehead atoms. The van der Waals surface area contributed by atoms with E-state index in [1.807, 2.05) is 0 Å². The molecule has 0 saturated heterocycles. The number of aliphatic hydroxyl groups is 1. The third-order valence-corrected chi connectivity index (χ3v) is 5.81. The number of aromatic nitrogens is 1. The van der Waals surface area contributed by atoms with Gasteiger partial charge in [-0.15, -0.1) is 0 Å². The van der Waals surface area contributed by atoms with Crippen LogP contribution >= 0.6 is 0 Å². The van der Waals surface area contributed by atoms with E-state index >= 15 is 0 Å². The summed E-state index contributed by atoms with van der Waals surface area (Å²) in [4.78, 5) is 33.7. The molecule has 1 aromatic rings. The lowest BCUT2D eigenvalue weighted by molar-refractivity contribution is -0.160. The van der Waals surface area contributed by atoms with Gasteiger partial charge in [0.25, 0.3) is 5.91 Å². The fourth-order valence-corrected chi connectivity index (χ4v) is 3.97. The van der Waals surface area contributed by atoms with Gasteiger partial charge in [-0.3, -0.25) is 19.6 Å². The van der Waals surface area contributed by atoms with Crippen LogP contribution < -0.4 is 10.1 Å². The zero-order valence-corrected chi connectivity index (χ0v) is 19.9. The molecule has 0 aromatic carbocycles. The molecule has 1 aliphatic heterocycles. The minimum absolute atomic E-state index is 0.0877.